The number of nitrogens with zero attached hydrogens (tertiary/aromatic N) is 1. The molecule has 2 aromatic heterocycles. The summed E-state index contributed by atoms with van der Waals surface area (Å²) >= 11 is 0. The summed E-state index contributed by atoms with van der Waals surface area (Å²) in [5.41, 5.74) is 0.0924. The molecule has 1 amide bonds. The molecule has 7 heteroatoms. The van der Waals surface area contributed by atoms with Gasteiger partial charge >= 0.3 is 6.30 Å². The maximum atomic E-state index is 11.9. The largest absolute Gasteiger partial charge is 0.484 e. The van der Waals surface area contributed by atoms with E-state index in [0.29, 0.717) is 11.0 Å². The smallest absolute Gasteiger partial charge is 0.463 e. The predicted molar refractivity (Wildman–Crippen MR) is 47.5 cm³/mol. The van der Waals surface area contributed by atoms with Crippen LogP contribution < -0.4 is 5.32 Å². The van der Waals surface area contributed by atoms with Crippen LogP contribution in [0.1, 0.15) is 10.5 Å². The van der Waals surface area contributed by atoms with Crippen molar-refractivity contribution in [3.63, 3.8) is 0 Å². The fourth-order valence-electron chi connectivity index (χ4n) is 1.18. The molecule has 84 valence electrons. The van der Waals surface area contributed by atoms with Crippen molar-refractivity contribution < 1.29 is 22.4 Å². The van der Waals surface area contributed by atoms with Crippen LogP contribution in [0.5, 0.6) is 0 Å². The Morgan fingerprint density at radius 1 is 1.44 bits per heavy atom. The van der Waals surface area contributed by atoms with Gasteiger partial charge in [-0.1, -0.05) is 0 Å². The number of furan rings is 1. The number of nitrogens with one attached hydrogen (secondary N) is 1. The van der Waals surface area contributed by atoms with Crippen LogP contribution in [0.25, 0.3) is 11.0 Å². The summed E-state index contributed by atoms with van der Waals surface area (Å²) < 4.78 is 40.5. The summed E-state index contributed by atoms with van der Waals surface area (Å²) in [4.78, 5) is 14.7. The van der Waals surface area contributed by atoms with E-state index >= 15 is 0 Å². The molecule has 0 unspecified atom stereocenters. The van der Waals surface area contributed by atoms with E-state index in [0.717, 1.165) is 5.32 Å². The van der Waals surface area contributed by atoms with E-state index < -0.39 is 12.2 Å². The number of carbonyl (C=O) groups excluding carboxylic acids is 1. The molecule has 2 aromatic rings. The van der Waals surface area contributed by atoms with Gasteiger partial charge in [-0.15, -0.1) is 0 Å². The Morgan fingerprint density at radius 3 is 2.88 bits per heavy atom. The number of halogens is 3. The molecule has 0 aliphatic heterocycles. The summed E-state index contributed by atoms with van der Waals surface area (Å²) in [7, 11) is 0. The van der Waals surface area contributed by atoms with E-state index in [1.54, 1.807) is 0 Å². The molecule has 0 atom stereocenters. The lowest BCUT2D eigenvalue weighted by molar-refractivity contribution is -0.146. The zero-order chi connectivity index (χ0) is 11.8. The van der Waals surface area contributed by atoms with Crippen molar-refractivity contribution in [2.24, 2.45) is 0 Å². The quantitative estimate of drug-likeness (QED) is 0.763. The molecule has 0 fully saturated rings. The van der Waals surface area contributed by atoms with Crippen molar-refractivity contribution >= 4 is 16.9 Å². The zero-order valence-electron chi connectivity index (χ0n) is 7.71. The van der Waals surface area contributed by atoms with Gasteiger partial charge in [0.15, 0.2) is 5.58 Å². The molecule has 0 bridgehead atoms. The van der Waals surface area contributed by atoms with Gasteiger partial charge in [-0.2, -0.15) is 13.2 Å². The van der Waals surface area contributed by atoms with Gasteiger partial charge in [0.1, 0.15) is 5.69 Å². The van der Waals surface area contributed by atoms with Crippen LogP contribution in [0.2, 0.25) is 0 Å². The van der Waals surface area contributed by atoms with Crippen molar-refractivity contribution in [3.05, 3.63) is 30.3 Å². The molecule has 2 rings (SSSR count). The second-order valence-corrected chi connectivity index (χ2v) is 2.98. The fraction of sp³-hybridized carbons (Fsp3) is 0.111. The summed E-state index contributed by atoms with van der Waals surface area (Å²) in [6.07, 6.45) is -2.21. The standard InChI is InChI=1S/C9H5F3N2O2/c10-9(11,12)14-8(15)6-3-5-1-2-16-7(5)4-13-6/h1-4H,(H,14,15). The minimum Gasteiger partial charge on any atom is -0.463 e. The number of hydrogen-bond acceptors (Lipinski definition) is 3. The molecule has 0 aliphatic rings. The Morgan fingerprint density at radius 2 is 2.19 bits per heavy atom. The minimum absolute atomic E-state index is 0.314. The zero-order valence-corrected chi connectivity index (χ0v) is 7.71. The van der Waals surface area contributed by atoms with Gasteiger partial charge in [-0.3, -0.25) is 10.1 Å². The maximum Gasteiger partial charge on any atom is 0.484 e. The van der Waals surface area contributed by atoms with Gasteiger partial charge < -0.3 is 4.42 Å². The highest BCUT2D eigenvalue weighted by Gasteiger charge is 2.31. The number of pyridine rings is 1. The maximum absolute atomic E-state index is 11.9. The third-order valence-corrected chi connectivity index (χ3v) is 1.83. The van der Waals surface area contributed by atoms with Crippen LogP contribution in [0, 0.1) is 0 Å². The topological polar surface area (TPSA) is 55.1 Å². The van der Waals surface area contributed by atoms with E-state index in [4.69, 9.17) is 4.42 Å². The number of alkyl halides is 3. The average molecular weight is 230 g/mol. The molecule has 4 nitrogen and oxygen atoms in total. The molecule has 2 heterocycles. The molecule has 0 aromatic carbocycles. The number of amides is 1. The number of aromatic nitrogens is 1. The third kappa shape index (κ3) is 2.13. The van der Waals surface area contributed by atoms with Gasteiger partial charge in [-0.25, -0.2) is 4.98 Å². The first kappa shape index (κ1) is 10.5. The molecule has 0 aliphatic carbocycles. The third-order valence-electron chi connectivity index (χ3n) is 1.83. The van der Waals surface area contributed by atoms with Crippen LogP contribution in [-0.4, -0.2) is 17.2 Å². The van der Waals surface area contributed by atoms with E-state index in [2.05, 4.69) is 4.98 Å². The highest BCUT2D eigenvalue weighted by atomic mass is 19.4. The molecule has 0 saturated carbocycles. The van der Waals surface area contributed by atoms with E-state index in [9.17, 15) is 18.0 Å². The van der Waals surface area contributed by atoms with E-state index in [1.165, 1.54) is 24.6 Å². The first-order valence-corrected chi connectivity index (χ1v) is 4.18. The average Bonchev–Trinajstić information content (AvgIpc) is 2.61. The molecule has 16 heavy (non-hydrogen) atoms. The lowest BCUT2D eigenvalue weighted by Crippen LogP contribution is -2.37. The summed E-state index contributed by atoms with van der Waals surface area (Å²) in [6, 6.07) is 2.75. The van der Waals surface area contributed by atoms with E-state index in [-0.39, 0.29) is 5.69 Å². The Hall–Kier alpha value is -2.05. The monoisotopic (exact) mass is 230 g/mol. The number of carbonyl (C=O) groups is 1. The van der Waals surface area contributed by atoms with Crippen LogP contribution in [0.4, 0.5) is 13.2 Å². The lowest BCUT2D eigenvalue weighted by Gasteiger charge is -2.07. The van der Waals surface area contributed by atoms with Crippen LogP contribution in [0.15, 0.2) is 29.0 Å². The first-order chi connectivity index (χ1) is 7.46. The molecule has 1 N–H and O–H groups in total. The van der Waals surface area contributed by atoms with Gasteiger partial charge in [0.2, 0.25) is 0 Å². The molecule has 0 radical (unpaired) electrons. The molecule has 0 spiro atoms. The summed E-state index contributed by atoms with van der Waals surface area (Å²) in [6.45, 7) is 0. The number of hydrogen-bond donors (Lipinski definition) is 1. The van der Waals surface area contributed by atoms with Crippen LogP contribution in [-0.2, 0) is 0 Å². The Kier molecular flexibility index (Phi) is 2.30. The van der Waals surface area contributed by atoms with Gasteiger partial charge in [0.05, 0.1) is 12.5 Å². The number of rotatable bonds is 1. The predicted octanol–water partition coefficient (Wildman–Crippen LogP) is 2.08. The Labute approximate surface area is 87.1 Å². The highest BCUT2D eigenvalue weighted by molar-refractivity contribution is 5.95. The van der Waals surface area contributed by atoms with Crippen molar-refractivity contribution in [1.29, 1.82) is 0 Å². The second kappa shape index (κ2) is 3.51. The second-order valence-electron chi connectivity index (χ2n) is 2.98. The van der Waals surface area contributed by atoms with Crippen molar-refractivity contribution in [3.8, 4) is 0 Å². The van der Waals surface area contributed by atoms with Crippen LogP contribution >= 0.6 is 0 Å². The van der Waals surface area contributed by atoms with Crippen molar-refractivity contribution in [1.82, 2.24) is 10.3 Å². The van der Waals surface area contributed by atoms with Crippen molar-refractivity contribution in [2.75, 3.05) is 0 Å². The fourth-order valence-corrected chi connectivity index (χ4v) is 1.18. The first-order valence-electron chi connectivity index (χ1n) is 4.18. The van der Waals surface area contributed by atoms with Gasteiger partial charge in [0, 0.05) is 5.39 Å². The molecule has 0 saturated heterocycles. The van der Waals surface area contributed by atoms with Crippen molar-refractivity contribution in [2.45, 2.75) is 6.30 Å². The molecular weight excluding hydrogens is 225 g/mol. The van der Waals surface area contributed by atoms with Gasteiger partial charge in [-0.05, 0) is 12.1 Å². The summed E-state index contributed by atoms with van der Waals surface area (Å²) in [5.74, 6) is -1.30. The SMILES string of the molecule is O=C(NC(F)(F)F)c1cc2ccoc2cn1. The van der Waals surface area contributed by atoms with Gasteiger partial charge in [0.25, 0.3) is 5.91 Å². The molecular formula is C9H5F3N2O2. The normalized spacial score (nSPS) is 11.7. The minimum atomic E-state index is -4.76. The lowest BCUT2D eigenvalue weighted by atomic mass is 10.2. The van der Waals surface area contributed by atoms with E-state index in [1.807, 2.05) is 0 Å². The summed E-state index contributed by atoms with van der Waals surface area (Å²) in [5, 5.41) is 1.38. The van der Waals surface area contributed by atoms with Crippen LogP contribution in [0.3, 0.4) is 0 Å². The highest BCUT2D eigenvalue weighted by Crippen LogP contribution is 2.16. The number of fused-ring (bicyclic) bond motifs is 1. The Balaban J connectivity index is 2.29. The Bertz CT molecular complexity index is 533.